The number of aryl methyl sites for hydroxylation is 1. The molecule has 1 aliphatic rings. The maximum Gasteiger partial charge on any atom is 0.183 e. The minimum absolute atomic E-state index is 0.238. The zero-order valence-electron chi connectivity index (χ0n) is 10.1. The highest BCUT2D eigenvalue weighted by atomic mass is 16.1. The second-order valence-corrected chi connectivity index (χ2v) is 4.92. The number of Topliss-reactive ketones (excluding diaryl/α,β-unsaturated/α-hetero) is 1. The van der Waals surface area contributed by atoms with Crippen molar-refractivity contribution in [3.63, 3.8) is 0 Å². The minimum Gasteiger partial charge on any atom is -0.292 e. The fraction of sp³-hybridized carbons (Fsp3) is 0.692. The molecule has 1 fully saturated rings. The normalized spacial score (nSPS) is 24.9. The molecule has 0 N–H and O–H groups in total. The highest BCUT2D eigenvalue weighted by molar-refractivity contribution is 5.96. The summed E-state index contributed by atoms with van der Waals surface area (Å²) in [6.45, 7) is 5.18. The fourth-order valence-electron chi connectivity index (χ4n) is 2.59. The largest absolute Gasteiger partial charge is 0.292 e. The van der Waals surface area contributed by atoms with Gasteiger partial charge in [0, 0.05) is 18.7 Å². The van der Waals surface area contributed by atoms with Crippen LogP contribution in [-0.4, -0.2) is 15.6 Å². The number of nitrogens with zero attached hydrogens (tertiary/aromatic N) is 2. The Kier molecular flexibility index (Phi) is 3.42. The zero-order valence-corrected chi connectivity index (χ0v) is 10.1. The number of aromatic nitrogens is 2. The van der Waals surface area contributed by atoms with Crippen molar-refractivity contribution >= 4 is 5.78 Å². The third-order valence-electron chi connectivity index (χ3n) is 3.47. The van der Waals surface area contributed by atoms with Gasteiger partial charge in [-0.1, -0.05) is 13.8 Å². The summed E-state index contributed by atoms with van der Waals surface area (Å²) < 4.78 is 1.85. The minimum atomic E-state index is 0.238. The van der Waals surface area contributed by atoms with Gasteiger partial charge in [0.05, 0.1) is 0 Å². The maximum absolute atomic E-state index is 12.3. The van der Waals surface area contributed by atoms with Crippen LogP contribution in [0.1, 0.15) is 50.0 Å². The molecule has 0 amide bonds. The highest BCUT2D eigenvalue weighted by Crippen LogP contribution is 2.32. The van der Waals surface area contributed by atoms with Crippen LogP contribution in [0.4, 0.5) is 0 Å². The topological polar surface area (TPSA) is 34.9 Å². The standard InChI is InChI=1S/C13H20N2O/c1-3-8-15-12(6-7-14-15)13(16)11-5-4-10(2)9-11/h6-7,10-11H,3-5,8-9H2,1-2H3. The number of carbonyl (C=O) groups is 1. The molecule has 2 rings (SSSR count). The second kappa shape index (κ2) is 4.81. The Hall–Kier alpha value is -1.12. The quantitative estimate of drug-likeness (QED) is 0.731. The molecule has 0 aromatic carbocycles. The van der Waals surface area contributed by atoms with Crippen molar-refractivity contribution in [1.82, 2.24) is 9.78 Å². The Morgan fingerprint density at radius 2 is 2.38 bits per heavy atom. The van der Waals surface area contributed by atoms with E-state index in [1.54, 1.807) is 6.20 Å². The Labute approximate surface area is 96.8 Å². The summed E-state index contributed by atoms with van der Waals surface area (Å²) in [6, 6.07) is 1.86. The van der Waals surface area contributed by atoms with E-state index in [1.165, 1.54) is 6.42 Å². The third-order valence-corrected chi connectivity index (χ3v) is 3.47. The molecule has 3 heteroatoms. The molecule has 1 aliphatic carbocycles. The molecule has 16 heavy (non-hydrogen) atoms. The second-order valence-electron chi connectivity index (χ2n) is 4.92. The lowest BCUT2D eigenvalue weighted by Crippen LogP contribution is -2.17. The summed E-state index contributed by atoms with van der Waals surface area (Å²) in [4.78, 5) is 12.3. The lowest BCUT2D eigenvalue weighted by Gasteiger charge is -2.10. The first-order chi connectivity index (χ1) is 7.72. The van der Waals surface area contributed by atoms with Crippen LogP contribution in [0.2, 0.25) is 0 Å². The van der Waals surface area contributed by atoms with E-state index in [1.807, 2.05) is 10.7 Å². The molecule has 0 bridgehead atoms. The Bertz CT molecular complexity index is 370. The van der Waals surface area contributed by atoms with E-state index in [4.69, 9.17) is 0 Å². The summed E-state index contributed by atoms with van der Waals surface area (Å²) >= 11 is 0. The summed E-state index contributed by atoms with van der Waals surface area (Å²) in [6.07, 6.45) is 6.05. The van der Waals surface area contributed by atoms with E-state index in [2.05, 4.69) is 18.9 Å². The van der Waals surface area contributed by atoms with Crippen LogP contribution in [0.25, 0.3) is 0 Å². The molecule has 1 heterocycles. The molecule has 1 saturated carbocycles. The van der Waals surface area contributed by atoms with Gasteiger partial charge in [-0.2, -0.15) is 5.10 Å². The molecular formula is C13H20N2O. The van der Waals surface area contributed by atoms with Crippen molar-refractivity contribution in [2.75, 3.05) is 0 Å². The maximum atomic E-state index is 12.3. The molecule has 1 aromatic rings. The lowest BCUT2D eigenvalue weighted by molar-refractivity contribution is 0.0909. The molecule has 0 aliphatic heterocycles. The molecular weight excluding hydrogens is 200 g/mol. The Morgan fingerprint density at radius 1 is 1.56 bits per heavy atom. The summed E-state index contributed by atoms with van der Waals surface area (Å²) in [7, 11) is 0. The van der Waals surface area contributed by atoms with Crippen molar-refractivity contribution in [3.05, 3.63) is 18.0 Å². The molecule has 1 aromatic heterocycles. The van der Waals surface area contributed by atoms with Gasteiger partial charge in [-0.25, -0.2) is 0 Å². The number of hydrogen-bond acceptors (Lipinski definition) is 2. The van der Waals surface area contributed by atoms with Crippen molar-refractivity contribution in [2.45, 2.75) is 46.1 Å². The zero-order chi connectivity index (χ0) is 11.5. The Balaban J connectivity index is 2.11. The first-order valence-electron chi connectivity index (χ1n) is 6.28. The molecule has 3 nitrogen and oxygen atoms in total. The highest BCUT2D eigenvalue weighted by Gasteiger charge is 2.29. The van der Waals surface area contributed by atoms with Crippen LogP contribution in [0.5, 0.6) is 0 Å². The van der Waals surface area contributed by atoms with Crippen LogP contribution in [0.15, 0.2) is 12.3 Å². The number of carbonyl (C=O) groups excluding carboxylic acids is 1. The van der Waals surface area contributed by atoms with Gasteiger partial charge in [0.1, 0.15) is 5.69 Å². The van der Waals surface area contributed by atoms with Gasteiger partial charge < -0.3 is 0 Å². The predicted octanol–water partition coefficient (Wildman–Crippen LogP) is 2.91. The van der Waals surface area contributed by atoms with Crippen LogP contribution >= 0.6 is 0 Å². The summed E-state index contributed by atoms with van der Waals surface area (Å²) in [5.74, 6) is 1.24. The van der Waals surface area contributed by atoms with Crippen molar-refractivity contribution in [3.8, 4) is 0 Å². The van der Waals surface area contributed by atoms with E-state index in [0.717, 1.165) is 31.5 Å². The first-order valence-corrected chi connectivity index (χ1v) is 6.28. The van der Waals surface area contributed by atoms with Crippen LogP contribution in [0.3, 0.4) is 0 Å². The summed E-state index contributed by atoms with van der Waals surface area (Å²) in [5.41, 5.74) is 0.806. The van der Waals surface area contributed by atoms with E-state index < -0.39 is 0 Å². The van der Waals surface area contributed by atoms with Crippen LogP contribution in [0, 0.1) is 11.8 Å². The van der Waals surface area contributed by atoms with Gasteiger partial charge in [0.15, 0.2) is 5.78 Å². The van der Waals surface area contributed by atoms with Crippen molar-refractivity contribution in [2.24, 2.45) is 11.8 Å². The predicted molar refractivity (Wildman–Crippen MR) is 63.4 cm³/mol. The molecule has 2 atom stereocenters. The monoisotopic (exact) mass is 220 g/mol. The van der Waals surface area contributed by atoms with E-state index in [0.29, 0.717) is 11.7 Å². The Morgan fingerprint density at radius 3 is 3.00 bits per heavy atom. The van der Waals surface area contributed by atoms with Crippen LogP contribution < -0.4 is 0 Å². The van der Waals surface area contributed by atoms with Gasteiger partial charge >= 0.3 is 0 Å². The van der Waals surface area contributed by atoms with E-state index in [9.17, 15) is 4.79 Å². The smallest absolute Gasteiger partial charge is 0.183 e. The van der Waals surface area contributed by atoms with Crippen molar-refractivity contribution in [1.29, 1.82) is 0 Å². The molecule has 88 valence electrons. The molecule has 0 radical (unpaired) electrons. The van der Waals surface area contributed by atoms with E-state index >= 15 is 0 Å². The SMILES string of the molecule is CCCn1nccc1C(=O)C1CCC(C)C1. The van der Waals surface area contributed by atoms with Crippen LogP contribution in [-0.2, 0) is 6.54 Å². The lowest BCUT2D eigenvalue weighted by atomic mass is 9.99. The number of rotatable bonds is 4. The van der Waals surface area contributed by atoms with Gasteiger partial charge in [0.25, 0.3) is 0 Å². The molecule has 0 saturated heterocycles. The van der Waals surface area contributed by atoms with Gasteiger partial charge in [-0.05, 0) is 37.7 Å². The fourth-order valence-corrected chi connectivity index (χ4v) is 2.59. The van der Waals surface area contributed by atoms with Crippen molar-refractivity contribution < 1.29 is 4.79 Å². The van der Waals surface area contributed by atoms with E-state index in [-0.39, 0.29) is 5.92 Å². The number of hydrogen-bond donors (Lipinski definition) is 0. The van der Waals surface area contributed by atoms with Gasteiger partial charge in [0.2, 0.25) is 0 Å². The first kappa shape index (κ1) is 11.4. The van der Waals surface area contributed by atoms with Gasteiger partial charge in [-0.15, -0.1) is 0 Å². The number of ketones is 1. The summed E-state index contributed by atoms with van der Waals surface area (Å²) in [5, 5.41) is 4.21. The average molecular weight is 220 g/mol. The van der Waals surface area contributed by atoms with Gasteiger partial charge in [-0.3, -0.25) is 9.48 Å². The molecule has 0 spiro atoms. The average Bonchev–Trinajstić information content (AvgIpc) is 2.87. The molecule has 2 unspecified atom stereocenters. The third kappa shape index (κ3) is 2.18.